The Morgan fingerprint density at radius 2 is 1.88 bits per heavy atom. The Hall–Kier alpha value is -1.29. The van der Waals surface area contributed by atoms with E-state index in [0.29, 0.717) is 0 Å². The summed E-state index contributed by atoms with van der Waals surface area (Å²) < 4.78 is 2.94. The molecule has 2 aromatic rings. The summed E-state index contributed by atoms with van der Waals surface area (Å²) in [6.45, 7) is 4.87. The van der Waals surface area contributed by atoms with E-state index in [-0.39, 0.29) is 0 Å². The number of aromatic nitrogens is 2. The van der Waals surface area contributed by atoms with Gasteiger partial charge in [-0.15, -0.1) is 0 Å². The van der Waals surface area contributed by atoms with Crippen molar-refractivity contribution in [2.24, 2.45) is 0 Å². The van der Waals surface area contributed by atoms with Gasteiger partial charge in [0.1, 0.15) is 4.60 Å². The van der Waals surface area contributed by atoms with Crippen LogP contribution in [-0.2, 0) is 6.54 Å². The van der Waals surface area contributed by atoms with E-state index in [4.69, 9.17) is 0 Å². The molecule has 2 rings (SSSR count). The molecule has 0 unspecified atom stereocenters. The lowest BCUT2D eigenvalue weighted by Crippen LogP contribution is -2.17. The second-order valence-corrected chi connectivity index (χ2v) is 4.55. The first-order valence-electron chi connectivity index (χ1n) is 5.17. The fourth-order valence-electron chi connectivity index (χ4n) is 1.63. The second-order valence-electron chi connectivity index (χ2n) is 3.74. The Labute approximate surface area is 104 Å². The van der Waals surface area contributed by atoms with Crippen molar-refractivity contribution in [2.45, 2.75) is 20.4 Å². The van der Waals surface area contributed by atoms with Gasteiger partial charge in [0.2, 0.25) is 0 Å². The number of halogens is 1. The summed E-state index contributed by atoms with van der Waals surface area (Å²) >= 11 is 3.36. The quantitative estimate of drug-likeness (QED) is 0.876. The Kier molecular flexibility index (Phi) is 3.29. The van der Waals surface area contributed by atoms with Crippen LogP contribution >= 0.6 is 15.9 Å². The molecule has 0 aliphatic carbocycles. The molecule has 0 saturated heterocycles. The average molecular weight is 280 g/mol. The topological polar surface area (TPSA) is 29.9 Å². The number of hydrogen-bond acceptors (Lipinski definition) is 2. The van der Waals surface area contributed by atoms with Crippen LogP contribution in [0.15, 0.2) is 34.9 Å². The molecule has 84 valence electrons. The van der Waals surface area contributed by atoms with Gasteiger partial charge in [0.05, 0.1) is 12.2 Å². The lowest BCUT2D eigenvalue weighted by molar-refractivity contribution is 0.779. The molecule has 0 fully saturated rings. The number of rotatable bonds is 3. The lowest BCUT2D eigenvalue weighted by atomic mass is 10.3. The van der Waals surface area contributed by atoms with E-state index < -0.39 is 0 Å². The van der Waals surface area contributed by atoms with Crippen molar-refractivity contribution in [3.05, 3.63) is 52.0 Å². The second kappa shape index (κ2) is 4.70. The van der Waals surface area contributed by atoms with Crippen molar-refractivity contribution in [1.82, 2.24) is 9.66 Å². The first-order valence-corrected chi connectivity index (χ1v) is 5.96. The van der Waals surface area contributed by atoms with Gasteiger partial charge >= 0.3 is 0 Å². The van der Waals surface area contributed by atoms with E-state index in [9.17, 15) is 0 Å². The molecule has 0 amide bonds. The molecule has 0 radical (unpaired) electrons. The van der Waals surface area contributed by atoms with Crippen molar-refractivity contribution in [3.8, 4) is 0 Å². The molecule has 0 aromatic carbocycles. The highest BCUT2D eigenvalue weighted by molar-refractivity contribution is 9.10. The Morgan fingerprint density at radius 3 is 2.50 bits per heavy atom. The maximum absolute atomic E-state index is 4.37. The van der Waals surface area contributed by atoms with Crippen LogP contribution in [0, 0.1) is 13.8 Å². The largest absolute Gasteiger partial charge is 0.320 e. The summed E-state index contributed by atoms with van der Waals surface area (Å²) in [7, 11) is 0. The van der Waals surface area contributed by atoms with Crippen LogP contribution in [0.1, 0.15) is 17.1 Å². The summed E-state index contributed by atoms with van der Waals surface area (Å²) in [4.78, 5) is 4.37. The van der Waals surface area contributed by atoms with Gasteiger partial charge in [-0.3, -0.25) is 4.68 Å². The molecule has 2 aromatic heterocycles. The van der Waals surface area contributed by atoms with E-state index >= 15 is 0 Å². The Balaban J connectivity index is 2.08. The molecule has 16 heavy (non-hydrogen) atoms. The summed E-state index contributed by atoms with van der Waals surface area (Å²) in [5.74, 6) is 0. The van der Waals surface area contributed by atoms with E-state index in [1.165, 1.54) is 11.4 Å². The first-order chi connectivity index (χ1) is 7.66. The van der Waals surface area contributed by atoms with E-state index in [0.717, 1.165) is 16.8 Å². The third-order valence-electron chi connectivity index (χ3n) is 2.46. The van der Waals surface area contributed by atoms with Gasteiger partial charge in [0.25, 0.3) is 0 Å². The van der Waals surface area contributed by atoms with Crippen LogP contribution in [0.4, 0.5) is 0 Å². The van der Waals surface area contributed by atoms with Gasteiger partial charge in [-0.25, -0.2) is 4.98 Å². The average Bonchev–Trinajstić information content (AvgIpc) is 2.56. The number of nitrogens with one attached hydrogen (secondary N) is 1. The van der Waals surface area contributed by atoms with Gasteiger partial charge in [0.15, 0.2) is 0 Å². The highest BCUT2D eigenvalue weighted by Crippen LogP contribution is 2.08. The van der Waals surface area contributed by atoms with Gasteiger partial charge in [-0.05, 0) is 54.0 Å². The van der Waals surface area contributed by atoms with Crippen LogP contribution in [0.5, 0.6) is 0 Å². The first kappa shape index (κ1) is 11.2. The van der Waals surface area contributed by atoms with Gasteiger partial charge in [-0.2, -0.15) is 0 Å². The minimum Gasteiger partial charge on any atom is -0.320 e. The van der Waals surface area contributed by atoms with E-state index in [1.54, 1.807) is 0 Å². The molecular weight excluding hydrogens is 266 g/mol. The zero-order valence-electron chi connectivity index (χ0n) is 9.37. The Morgan fingerprint density at radius 1 is 1.19 bits per heavy atom. The van der Waals surface area contributed by atoms with Crippen LogP contribution in [0.25, 0.3) is 0 Å². The predicted octanol–water partition coefficient (Wildman–Crippen LogP) is 3.01. The highest BCUT2D eigenvalue weighted by atomic mass is 79.9. The van der Waals surface area contributed by atoms with E-state index in [2.05, 4.69) is 57.0 Å². The smallest absolute Gasteiger partial charge is 0.106 e. The molecule has 0 bridgehead atoms. The van der Waals surface area contributed by atoms with Crippen LogP contribution in [0.2, 0.25) is 0 Å². The van der Waals surface area contributed by atoms with Gasteiger partial charge < -0.3 is 5.43 Å². The Bertz CT molecular complexity index is 471. The monoisotopic (exact) mass is 279 g/mol. The van der Waals surface area contributed by atoms with Gasteiger partial charge in [-0.1, -0.05) is 6.07 Å². The molecule has 0 aliphatic heterocycles. The number of aryl methyl sites for hydroxylation is 2. The SMILES string of the molecule is Cc1ccc(C)n1NCc1cccc(Br)n1. The van der Waals surface area contributed by atoms with E-state index in [1.807, 2.05) is 18.2 Å². The highest BCUT2D eigenvalue weighted by Gasteiger charge is 2.00. The van der Waals surface area contributed by atoms with Crippen molar-refractivity contribution in [1.29, 1.82) is 0 Å². The molecule has 3 nitrogen and oxygen atoms in total. The molecule has 0 atom stereocenters. The molecule has 0 aliphatic rings. The molecule has 0 saturated carbocycles. The standard InChI is InChI=1S/C12H14BrN3/c1-9-6-7-10(2)16(9)14-8-11-4-3-5-12(13)15-11/h3-7,14H,8H2,1-2H3. The van der Waals surface area contributed by atoms with Crippen LogP contribution in [-0.4, -0.2) is 9.66 Å². The lowest BCUT2D eigenvalue weighted by Gasteiger charge is -2.12. The number of nitrogens with zero attached hydrogens (tertiary/aromatic N) is 2. The van der Waals surface area contributed by atoms with Crippen molar-refractivity contribution in [2.75, 3.05) is 5.43 Å². The van der Waals surface area contributed by atoms with Crippen LogP contribution < -0.4 is 5.43 Å². The molecule has 1 N–H and O–H groups in total. The molecule has 4 heteroatoms. The summed E-state index contributed by atoms with van der Waals surface area (Å²) in [5.41, 5.74) is 6.76. The minimum absolute atomic E-state index is 0.718. The third kappa shape index (κ3) is 2.44. The predicted molar refractivity (Wildman–Crippen MR) is 68.9 cm³/mol. The van der Waals surface area contributed by atoms with Crippen molar-refractivity contribution < 1.29 is 0 Å². The normalized spacial score (nSPS) is 10.4. The summed E-state index contributed by atoms with van der Waals surface area (Å²) in [6, 6.07) is 10.1. The number of hydrogen-bond donors (Lipinski definition) is 1. The fourth-order valence-corrected chi connectivity index (χ4v) is 2.01. The fraction of sp³-hybridized carbons (Fsp3) is 0.250. The minimum atomic E-state index is 0.718. The van der Waals surface area contributed by atoms with Crippen molar-refractivity contribution >= 4 is 15.9 Å². The third-order valence-corrected chi connectivity index (χ3v) is 2.90. The van der Waals surface area contributed by atoms with Crippen molar-refractivity contribution in [3.63, 3.8) is 0 Å². The van der Waals surface area contributed by atoms with Gasteiger partial charge in [0, 0.05) is 11.4 Å². The molecular formula is C12H14BrN3. The summed E-state index contributed by atoms with van der Waals surface area (Å²) in [6.07, 6.45) is 0. The zero-order valence-corrected chi connectivity index (χ0v) is 11.0. The maximum atomic E-state index is 4.37. The molecule has 0 spiro atoms. The number of pyridine rings is 1. The summed E-state index contributed by atoms with van der Waals surface area (Å²) in [5, 5.41) is 0. The zero-order chi connectivity index (χ0) is 11.5. The molecule has 2 heterocycles. The maximum Gasteiger partial charge on any atom is 0.106 e. The van der Waals surface area contributed by atoms with Crippen LogP contribution in [0.3, 0.4) is 0 Å².